The van der Waals surface area contributed by atoms with Gasteiger partial charge in [0.1, 0.15) is 0 Å². The molecule has 3 rings (SSSR count). The highest BCUT2D eigenvalue weighted by atomic mass is 35.5. The summed E-state index contributed by atoms with van der Waals surface area (Å²) in [5, 5.41) is 4.87. The zero-order chi connectivity index (χ0) is 13.8. The van der Waals surface area contributed by atoms with Gasteiger partial charge in [-0.1, -0.05) is 35.9 Å². The van der Waals surface area contributed by atoms with Crippen molar-refractivity contribution in [2.24, 2.45) is 0 Å². The molecule has 0 saturated heterocycles. The van der Waals surface area contributed by atoms with E-state index < -0.39 is 0 Å². The third kappa shape index (κ3) is 2.86. The number of para-hydroxylation sites is 1. The van der Waals surface area contributed by atoms with Gasteiger partial charge < -0.3 is 5.32 Å². The fourth-order valence-corrected chi connectivity index (χ4v) is 2.18. The van der Waals surface area contributed by atoms with Gasteiger partial charge in [-0.3, -0.25) is 4.98 Å². The SMILES string of the molecule is Clc1cnc(NCCc2cccc3cccnc23)nc1. The number of fused-ring (bicyclic) bond motifs is 1. The van der Waals surface area contributed by atoms with Crippen molar-refractivity contribution in [2.45, 2.75) is 6.42 Å². The van der Waals surface area contributed by atoms with Crippen LogP contribution in [0.25, 0.3) is 10.9 Å². The van der Waals surface area contributed by atoms with Crippen LogP contribution in [0.15, 0.2) is 48.9 Å². The second kappa shape index (κ2) is 5.84. The molecule has 0 aliphatic rings. The summed E-state index contributed by atoms with van der Waals surface area (Å²) < 4.78 is 0. The van der Waals surface area contributed by atoms with Gasteiger partial charge in [0, 0.05) is 18.1 Å². The first-order chi connectivity index (χ1) is 9.83. The van der Waals surface area contributed by atoms with E-state index in [1.165, 1.54) is 5.56 Å². The van der Waals surface area contributed by atoms with Crippen LogP contribution in [0.2, 0.25) is 5.02 Å². The third-order valence-corrected chi connectivity index (χ3v) is 3.21. The predicted molar refractivity (Wildman–Crippen MR) is 81.0 cm³/mol. The fraction of sp³-hybridized carbons (Fsp3) is 0.133. The Hall–Kier alpha value is -2.20. The predicted octanol–water partition coefficient (Wildman–Crippen LogP) is 3.33. The van der Waals surface area contributed by atoms with Gasteiger partial charge in [0.2, 0.25) is 5.95 Å². The lowest BCUT2D eigenvalue weighted by molar-refractivity contribution is 0.987. The average Bonchev–Trinajstić information content (AvgIpc) is 2.49. The summed E-state index contributed by atoms with van der Waals surface area (Å²) in [5.41, 5.74) is 2.26. The van der Waals surface area contributed by atoms with Gasteiger partial charge in [-0.2, -0.15) is 0 Å². The molecule has 0 bridgehead atoms. The molecule has 0 amide bonds. The Balaban J connectivity index is 1.69. The Morgan fingerprint density at radius 3 is 2.65 bits per heavy atom. The minimum atomic E-state index is 0.536. The quantitative estimate of drug-likeness (QED) is 0.798. The molecule has 4 nitrogen and oxygen atoms in total. The smallest absolute Gasteiger partial charge is 0.222 e. The molecule has 1 N–H and O–H groups in total. The summed E-state index contributed by atoms with van der Waals surface area (Å²) in [4.78, 5) is 12.6. The normalized spacial score (nSPS) is 10.7. The van der Waals surface area contributed by atoms with Crippen LogP contribution in [0.1, 0.15) is 5.56 Å². The molecule has 5 heteroatoms. The lowest BCUT2D eigenvalue weighted by atomic mass is 10.1. The number of aromatic nitrogens is 3. The third-order valence-electron chi connectivity index (χ3n) is 3.01. The van der Waals surface area contributed by atoms with E-state index in [0.29, 0.717) is 11.0 Å². The standard InChI is InChI=1S/C15H13ClN4/c16-13-9-19-15(20-10-13)18-8-6-12-4-1-3-11-5-2-7-17-14(11)12/h1-5,7,9-10H,6,8H2,(H,18,19,20). The van der Waals surface area contributed by atoms with Gasteiger partial charge in [-0.15, -0.1) is 0 Å². The summed E-state index contributed by atoms with van der Waals surface area (Å²) in [5.74, 6) is 0.586. The largest absolute Gasteiger partial charge is 0.354 e. The molecule has 0 spiro atoms. The summed E-state index contributed by atoms with van der Waals surface area (Å²) >= 11 is 5.75. The van der Waals surface area contributed by atoms with Crippen molar-refractivity contribution >= 4 is 28.5 Å². The molecule has 0 atom stereocenters. The van der Waals surface area contributed by atoms with Crippen LogP contribution in [-0.4, -0.2) is 21.5 Å². The number of pyridine rings is 1. The van der Waals surface area contributed by atoms with Gasteiger partial charge in [0.05, 0.1) is 22.9 Å². The Bertz CT molecular complexity index is 707. The first kappa shape index (κ1) is 12.8. The van der Waals surface area contributed by atoms with E-state index in [1.807, 2.05) is 12.3 Å². The van der Waals surface area contributed by atoms with Gasteiger partial charge in [0.25, 0.3) is 0 Å². The van der Waals surface area contributed by atoms with Crippen molar-refractivity contribution in [2.75, 3.05) is 11.9 Å². The van der Waals surface area contributed by atoms with Crippen LogP contribution in [0, 0.1) is 0 Å². The zero-order valence-electron chi connectivity index (χ0n) is 10.8. The van der Waals surface area contributed by atoms with Gasteiger partial charge >= 0.3 is 0 Å². The minimum absolute atomic E-state index is 0.536. The molecule has 1 aromatic carbocycles. The number of hydrogen-bond acceptors (Lipinski definition) is 4. The van der Waals surface area contributed by atoms with Crippen LogP contribution in [0.5, 0.6) is 0 Å². The zero-order valence-corrected chi connectivity index (χ0v) is 11.5. The number of rotatable bonds is 4. The Morgan fingerprint density at radius 1 is 1.00 bits per heavy atom. The Labute approximate surface area is 121 Å². The number of anilines is 1. The maximum Gasteiger partial charge on any atom is 0.222 e. The molecule has 100 valence electrons. The molecule has 0 fully saturated rings. The lowest BCUT2D eigenvalue weighted by Crippen LogP contribution is -2.08. The van der Waals surface area contributed by atoms with Crippen LogP contribution in [0.4, 0.5) is 5.95 Å². The molecule has 0 aliphatic heterocycles. The highest BCUT2D eigenvalue weighted by Gasteiger charge is 2.02. The van der Waals surface area contributed by atoms with E-state index in [1.54, 1.807) is 12.4 Å². The van der Waals surface area contributed by atoms with Gasteiger partial charge in [-0.05, 0) is 18.1 Å². The van der Waals surface area contributed by atoms with Crippen molar-refractivity contribution in [1.82, 2.24) is 15.0 Å². The fourth-order valence-electron chi connectivity index (χ4n) is 2.08. The summed E-state index contributed by atoms with van der Waals surface area (Å²) in [7, 11) is 0. The number of halogens is 1. The molecule has 2 aromatic heterocycles. The van der Waals surface area contributed by atoms with E-state index in [9.17, 15) is 0 Å². The van der Waals surface area contributed by atoms with Crippen LogP contribution in [0.3, 0.4) is 0 Å². The van der Waals surface area contributed by atoms with Crippen LogP contribution in [-0.2, 0) is 6.42 Å². The van der Waals surface area contributed by atoms with Crippen molar-refractivity contribution in [3.05, 3.63) is 59.5 Å². The van der Waals surface area contributed by atoms with Gasteiger partial charge in [-0.25, -0.2) is 9.97 Å². The highest BCUT2D eigenvalue weighted by Crippen LogP contribution is 2.16. The van der Waals surface area contributed by atoms with Crippen LogP contribution >= 0.6 is 11.6 Å². The van der Waals surface area contributed by atoms with Crippen molar-refractivity contribution < 1.29 is 0 Å². The van der Waals surface area contributed by atoms with Crippen molar-refractivity contribution in [3.63, 3.8) is 0 Å². The number of nitrogens with zero attached hydrogens (tertiary/aromatic N) is 3. The molecular weight excluding hydrogens is 272 g/mol. The second-order valence-electron chi connectivity index (χ2n) is 4.39. The highest BCUT2D eigenvalue weighted by molar-refractivity contribution is 6.30. The van der Waals surface area contributed by atoms with E-state index >= 15 is 0 Å². The van der Waals surface area contributed by atoms with E-state index in [0.717, 1.165) is 23.9 Å². The molecule has 0 unspecified atom stereocenters. The summed E-state index contributed by atoms with van der Waals surface area (Å²) in [6.07, 6.45) is 5.84. The molecule has 3 aromatic rings. The van der Waals surface area contributed by atoms with Crippen LogP contribution < -0.4 is 5.32 Å². The molecule has 0 aliphatic carbocycles. The van der Waals surface area contributed by atoms with Crippen molar-refractivity contribution in [1.29, 1.82) is 0 Å². The van der Waals surface area contributed by atoms with E-state index in [-0.39, 0.29) is 0 Å². The maximum atomic E-state index is 5.75. The molecule has 2 heterocycles. The lowest BCUT2D eigenvalue weighted by Gasteiger charge is -2.07. The molecule has 20 heavy (non-hydrogen) atoms. The Morgan fingerprint density at radius 2 is 1.80 bits per heavy atom. The number of benzene rings is 1. The van der Waals surface area contributed by atoms with Gasteiger partial charge in [0.15, 0.2) is 0 Å². The second-order valence-corrected chi connectivity index (χ2v) is 4.83. The number of nitrogens with one attached hydrogen (secondary N) is 1. The Kier molecular flexibility index (Phi) is 3.74. The maximum absolute atomic E-state index is 5.75. The first-order valence-corrected chi connectivity index (χ1v) is 6.75. The average molecular weight is 285 g/mol. The van der Waals surface area contributed by atoms with Crippen molar-refractivity contribution in [3.8, 4) is 0 Å². The van der Waals surface area contributed by atoms with E-state index in [4.69, 9.17) is 11.6 Å². The summed E-state index contributed by atoms with van der Waals surface area (Å²) in [6, 6.07) is 10.2. The van der Waals surface area contributed by atoms with E-state index in [2.05, 4.69) is 44.5 Å². The topological polar surface area (TPSA) is 50.7 Å². The molecular formula is C15H13ClN4. The molecule has 0 radical (unpaired) electrons. The monoisotopic (exact) mass is 284 g/mol. The molecule has 0 saturated carbocycles. The number of hydrogen-bond donors (Lipinski definition) is 1. The minimum Gasteiger partial charge on any atom is -0.354 e. The first-order valence-electron chi connectivity index (χ1n) is 6.37. The summed E-state index contributed by atoms with van der Waals surface area (Å²) in [6.45, 7) is 0.747.